The fourth-order valence-electron chi connectivity index (χ4n) is 2.89. The number of esters is 1. The summed E-state index contributed by atoms with van der Waals surface area (Å²) in [5, 5.41) is 4.17. The van der Waals surface area contributed by atoms with Crippen molar-refractivity contribution in [3.05, 3.63) is 77.4 Å². The van der Waals surface area contributed by atoms with E-state index in [-0.39, 0.29) is 9.90 Å². The molecule has 1 aromatic heterocycles. The standard InChI is InChI=1S/C23H23FN2O5S2/c1-2-3-14-31-23(28)17-10-12-18(13-11-17)25-21(27)16-26(20-8-5-4-7-19(20)24)33(29,30)22-9-6-15-32-22/h4-13,15H,2-3,14,16H2,1H3,(H,25,27). The molecule has 174 valence electrons. The molecule has 0 aliphatic heterocycles. The summed E-state index contributed by atoms with van der Waals surface area (Å²) in [4.78, 5) is 24.7. The van der Waals surface area contributed by atoms with Gasteiger partial charge in [0, 0.05) is 5.69 Å². The van der Waals surface area contributed by atoms with Gasteiger partial charge in [0.2, 0.25) is 5.91 Å². The zero-order valence-corrected chi connectivity index (χ0v) is 19.5. The Kier molecular flexibility index (Phi) is 8.18. The number of rotatable bonds is 10. The second-order valence-corrected chi connectivity index (χ2v) is 10.0. The van der Waals surface area contributed by atoms with Crippen molar-refractivity contribution in [2.45, 2.75) is 24.0 Å². The van der Waals surface area contributed by atoms with Crippen molar-refractivity contribution in [1.29, 1.82) is 0 Å². The summed E-state index contributed by atoms with van der Waals surface area (Å²) in [5.74, 6) is -1.90. The van der Waals surface area contributed by atoms with Gasteiger partial charge in [-0.1, -0.05) is 31.5 Å². The molecule has 3 rings (SSSR count). The number of hydrogen-bond donors (Lipinski definition) is 1. The highest BCUT2D eigenvalue weighted by atomic mass is 32.2. The monoisotopic (exact) mass is 490 g/mol. The number of ether oxygens (including phenoxy) is 1. The summed E-state index contributed by atoms with van der Waals surface area (Å²) in [6, 6.07) is 14.3. The fraction of sp³-hybridized carbons (Fsp3) is 0.217. The number of nitrogens with zero attached hydrogens (tertiary/aromatic N) is 1. The lowest BCUT2D eigenvalue weighted by Gasteiger charge is -2.23. The molecule has 0 spiro atoms. The minimum atomic E-state index is -4.16. The summed E-state index contributed by atoms with van der Waals surface area (Å²) in [6.45, 7) is 1.69. The predicted octanol–water partition coefficient (Wildman–Crippen LogP) is 4.68. The van der Waals surface area contributed by atoms with Crippen LogP contribution in [0.15, 0.2) is 70.3 Å². The van der Waals surface area contributed by atoms with Crippen molar-refractivity contribution in [3.8, 4) is 0 Å². The normalized spacial score (nSPS) is 11.1. The van der Waals surface area contributed by atoms with Gasteiger partial charge in [-0.2, -0.15) is 0 Å². The minimum Gasteiger partial charge on any atom is -0.462 e. The van der Waals surface area contributed by atoms with Crippen molar-refractivity contribution in [2.24, 2.45) is 0 Å². The summed E-state index contributed by atoms with van der Waals surface area (Å²) in [7, 11) is -4.16. The van der Waals surface area contributed by atoms with E-state index in [1.54, 1.807) is 11.4 Å². The average molecular weight is 491 g/mol. The number of para-hydroxylation sites is 1. The number of hydrogen-bond acceptors (Lipinski definition) is 6. The molecule has 0 saturated heterocycles. The maximum Gasteiger partial charge on any atom is 0.338 e. The zero-order valence-electron chi connectivity index (χ0n) is 17.9. The highest BCUT2D eigenvalue weighted by Crippen LogP contribution is 2.28. The lowest BCUT2D eigenvalue weighted by atomic mass is 10.2. The number of halogens is 1. The van der Waals surface area contributed by atoms with Gasteiger partial charge in [-0.3, -0.25) is 9.10 Å². The van der Waals surface area contributed by atoms with Gasteiger partial charge in [0.05, 0.1) is 17.9 Å². The van der Waals surface area contributed by atoms with Gasteiger partial charge in [0.1, 0.15) is 16.6 Å². The first kappa shape index (κ1) is 24.4. The van der Waals surface area contributed by atoms with E-state index in [4.69, 9.17) is 4.74 Å². The highest BCUT2D eigenvalue weighted by molar-refractivity contribution is 7.94. The van der Waals surface area contributed by atoms with Crippen molar-refractivity contribution < 1.29 is 27.1 Å². The molecular formula is C23H23FN2O5S2. The van der Waals surface area contributed by atoms with Crippen molar-refractivity contribution in [2.75, 3.05) is 22.8 Å². The Morgan fingerprint density at radius 2 is 1.79 bits per heavy atom. The van der Waals surface area contributed by atoms with Crippen LogP contribution in [0.25, 0.3) is 0 Å². The molecule has 7 nitrogen and oxygen atoms in total. The average Bonchev–Trinajstić information content (AvgIpc) is 3.35. The number of amides is 1. The first-order chi connectivity index (χ1) is 15.8. The number of sulfonamides is 1. The van der Waals surface area contributed by atoms with E-state index < -0.39 is 34.3 Å². The highest BCUT2D eigenvalue weighted by Gasteiger charge is 2.30. The van der Waals surface area contributed by atoms with E-state index >= 15 is 0 Å². The van der Waals surface area contributed by atoms with Crippen molar-refractivity contribution >= 4 is 44.6 Å². The maximum absolute atomic E-state index is 14.4. The van der Waals surface area contributed by atoms with Crippen LogP contribution < -0.4 is 9.62 Å². The van der Waals surface area contributed by atoms with Gasteiger partial charge in [-0.25, -0.2) is 17.6 Å². The number of thiophene rings is 1. The van der Waals surface area contributed by atoms with E-state index in [1.165, 1.54) is 48.5 Å². The Morgan fingerprint density at radius 3 is 2.42 bits per heavy atom. The first-order valence-corrected chi connectivity index (χ1v) is 12.5. The molecule has 0 radical (unpaired) electrons. The van der Waals surface area contributed by atoms with E-state index in [9.17, 15) is 22.4 Å². The van der Waals surface area contributed by atoms with Crippen molar-refractivity contribution in [3.63, 3.8) is 0 Å². The SMILES string of the molecule is CCCCOC(=O)c1ccc(NC(=O)CN(c2ccccc2F)S(=O)(=O)c2cccs2)cc1. The first-order valence-electron chi connectivity index (χ1n) is 10.2. The van der Waals surface area contributed by atoms with Gasteiger partial charge >= 0.3 is 5.97 Å². The molecule has 2 aromatic carbocycles. The second kappa shape index (κ2) is 11.1. The van der Waals surface area contributed by atoms with Crippen LogP contribution in [0, 0.1) is 5.82 Å². The van der Waals surface area contributed by atoms with Crippen LogP contribution >= 0.6 is 11.3 Å². The number of unbranched alkanes of at least 4 members (excludes halogenated alkanes) is 1. The molecule has 0 bridgehead atoms. The third kappa shape index (κ3) is 6.17. The van der Waals surface area contributed by atoms with Gasteiger partial charge in [0.25, 0.3) is 10.0 Å². The van der Waals surface area contributed by atoms with Crippen LogP contribution in [0.2, 0.25) is 0 Å². The van der Waals surface area contributed by atoms with E-state index in [0.717, 1.165) is 34.6 Å². The molecule has 1 heterocycles. The molecule has 0 saturated carbocycles. The smallest absolute Gasteiger partial charge is 0.338 e. The number of benzene rings is 2. The predicted molar refractivity (Wildman–Crippen MR) is 126 cm³/mol. The largest absolute Gasteiger partial charge is 0.462 e. The Labute approximate surface area is 195 Å². The second-order valence-electron chi connectivity index (χ2n) is 7.01. The minimum absolute atomic E-state index is 0.00973. The Hall–Kier alpha value is -3.24. The summed E-state index contributed by atoms with van der Waals surface area (Å²) in [5.41, 5.74) is 0.454. The zero-order chi connectivity index (χ0) is 23.8. The third-order valence-electron chi connectivity index (χ3n) is 4.58. The Balaban J connectivity index is 1.75. The van der Waals surface area contributed by atoms with Gasteiger partial charge in [-0.15, -0.1) is 11.3 Å². The van der Waals surface area contributed by atoms with E-state index in [1.807, 2.05) is 6.92 Å². The molecule has 1 N–H and O–H groups in total. The molecule has 0 aliphatic rings. The van der Waals surface area contributed by atoms with Gasteiger partial charge in [-0.05, 0) is 54.3 Å². The number of carbonyl (C=O) groups is 2. The van der Waals surface area contributed by atoms with E-state index in [0.29, 0.717) is 17.9 Å². The number of nitrogens with one attached hydrogen (secondary N) is 1. The Bertz CT molecular complexity index is 1200. The lowest BCUT2D eigenvalue weighted by Crippen LogP contribution is -2.38. The Morgan fingerprint density at radius 1 is 1.06 bits per heavy atom. The van der Waals surface area contributed by atoms with Crippen LogP contribution in [0.4, 0.5) is 15.8 Å². The van der Waals surface area contributed by atoms with Crippen molar-refractivity contribution in [1.82, 2.24) is 0 Å². The summed E-state index contributed by atoms with van der Waals surface area (Å²) in [6.07, 6.45) is 1.68. The topological polar surface area (TPSA) is 92.8 Å². The molecule has 3 aromatic rings. The molecule has 0 aliphatic carbocycles. The maximum atomic E-state index is 14.4. The molecule has 33 heavy (non-hydrogen) atoms. The fourth-order valence-corrected chi connectivity index (χ4v) is 5.42. The van der Waals surface area contributed by atoms with E-state index in [2.05, 4.69) is 5.32 Å². The molecule has 10 heteroatoms. The molecule has 0 fully saturated rings. The number of carbonyl (C=O) groups excluding carboxylic acids is 2. The quantitative estimate of drug-likeness (QED) is 0.329. The summed E-state index contributed by atoms with van der Waals surface area (Å²) >= 11 is 0.973. The van der Waals surface area contributed by atoms with Crippen LogP contribution in [-0.2, 0) is 19.6 Å². The van der Waals surface area contributed by atoms with Gasteiger partial charge in [0.15, 0.2) is 0 Å². The van der Waals surface area contributed by atoms with Crippen LogP contribution in [0.1, 0.15) is 30.1 Å². The molecule has 1 amide bonds. The van der Waals surface area contributed by atoms with Crippen LogP contribution in [0.3, 0.4) is 0 Å². The third-order valence-corrected chi connectivity index (χ3v) is 7.72. The lowest BCUT2D eigenvalue weighted by molar-refractivity contribution is -0.114. The van der Waals surface area contributed by atoms with Crippen LogP contribution in [0.5, 0.6) is 0 Å². The molecular weight excluding hydrogens is 467 g/mol. The molecule has 0 atom stereocenters. The van der Waals surface area contributed by atoms with Gasteiger partial charge < -0.3 is 10.1 Å². The number of anilines is 2. The van der Waals surface area contributed by atoms with Crippen LogP contribution in [-0.4, -0.2) is 33.4 Å². The molecule has 0 unspecified atom stereocenters. The summed E-state index contributed by atoms with van der Waals surface area (Å²) < 4.78 is 46.5.